The molecular weight excluding hydrogens is 350 g/mol. The van der Waals surface area contributed by atoms with Gasteiger partial charge in [0.2, 0.25) is 0 Å². The van der Waals surface area contributed by atoms with Gasteiger partial charge in [0, 0.05) is 25.4 Å². The second-order valence-electron chi connectivity index (χ2n) is 5.88. The lowest BCUT2D eigenvalue weighted by Crippen LogP contribution is -2.43. The van der Waals surface area contributed by atoms with Crippen LogP contribution < -0.4 is 5.73 Å². The predicted molar refractivity (Wildman–Crippen MR) is 90.0 cm³/mol. The first-order valence-corrected chi connectivity index (χ1v) is 8.43. The molecule has 0 aliphatic rings. The fourth-order valence-electron chi connectivity index (χ4n) is 1.99. The molecule has 0 aromatic heterocycles. The van der Waals surface area contributed by atoms with E-state index in [-0.39, 0.29) is 58.9 Å². The van der Waals surface area contributed by atoms with Crippen LogP contribution in [0.1, 0.15) is 38.5 Å². The van der Waals surface area contributed by atoms with Crippen LogP contribution in [-0.2, 0) is 28.6 Å². The monoisotopic (exact) mass is 379 g/mol. The van der Waals surface area contributed by atoms with Gasteiger partial charge in [0.15, 0.2) is 0 Å². The van der Waals surface area contributed by atoms with E-state index >= 15 is 0 Å². The van der Waals surface area contributed by atoms with Crippen LogP contribution in [0.25, 0.3) is 0 Å². The minimum absolute atomic E-state index is 0.0891. The summed E-state index contributed by atoms with van der Waals surface area (Å²) in [6.45, 7) is 1.09. The first-order valence-electron chi connectivity index (χ1n) is 8.43. The molecule has 26 heavy (non-hydrogen) atoms. The van der Waals surface area contributed by atoms with Crippen molar-refractivity contribution in [1.82, 2.24) is 0 Å². The largest absolute Gasteiger partial charge is 0.481 e. The molecule has 0 saturated carbocycles. The Morgan fingerprint density at radius 2 is 0.885 bits per heavy atom. The van der Waals surface area contributed by atoms with Gasteiger partial charge in [-0.05, 0) is 19.3 Å². The highest BCUT2D eigenvalue weighted by atomic mass is 16.5. The zero-order valence-electron chi connectivity index (χ0n) is 14.9. The van der Waals surface area contributed by atoms with Gasteiger partial charge >= 0.3 is 17.9 Å². The molecule has 0 unspecified atom stereocenters. The van der Waals surface area contributed by atoms with Gasteiger partial charge in [-0.2, -0.15) is 0 Å². The van der Waals surface area contributed by atoms with E-state index in [1.165, 1.54) is 0 Å². The van der Waals surface area contributed by atoms with E-state index < -0.39 is 23.4 Å². The maximum Gasteiger partial charge on any atom is 0.305 e. The Morgan fingerprint density at radius 3 is 1.12 bits per heavy atom. The van der Waals surface area contributed by atoms with E-state index in [4.69, 9.17) is 35.3 Å². The van der Waals surface area contributed by atoms with Crippen LogP contribution in [0.4, 0.5) is 0 Å². The number of carboxylic acids is 3. The molecule has 0 aromatic rings. The standard InChI is InChI=1S/C16H29NO9/c17-16(4-10-24-7-1-13(18)19,5-11-25-8-2-14(20)21)6-12-26-9-3-15(22)23/h1-12,17H2,(H,18,19)(H,20,21)(H,22,23). The average molecular weight is 379 g/mol. The minimum Gasteiger partial charge on any atom is -0.481 e. The topological polar surface area (TPSA) is 166 Å². The highest BCUT2D eigenvalue weighted by Gasteiger charge is 2.24. The zero-order valence-corrected chi connectivity index (χ0v) is 14.9. The molecular formula is C16H29NO9. The number of carboxylic acid groups (broad SMARTS) is 3. The minimum atomic E-state index is -0.942. The average Bonchev–Trinajstić information content (AvgIpc) is 2.53. The Labute approximate surface area is 152 Å². The molecule has 0 saturated heterocycles. The lowest BCUT2D eigenvalue weighted by Gasteiger charge is -2.29. The first-order chi connectivity index (χ1) is 12.2. The molecule has 0 rings (SSSR count). The Bertz CT molecular complexity index is 368. The molecule has 10 heteroatoms. The summed E-state index contributed by atoms with van der Waals surface area (Å²) < 4.78 is 15.8. The van der Waals surface area contributed by atoms with Crippen LogP contribution in [0.3, 0.4) is 0 Å². The van der Waals surface area contributed by atoms with E-state index in [1.54, 1.807) is 0 Å². The second-order valence-corrected chi connectivity index (χ2v) is 5.88. The van der Waals surface area contributed by atoms with Crippen molar-refractivity contribution >= 4 is 17.9 Å². The Kier molecular flexibility index (Phi) is 13.5. The second kappa shape index (κ2) is 14.4. The van der Waals surface area contributed by atoms with Crippen LogP contribution in [0.15, 0.2) is 0 Å². The highest BCUT2D eigenvalue weighted by Crippen LogP contribution is 2.18. The number of hydrogen-bond acceptors (Lipinski definition) is 7. The number of rotatable bonds is 18. The Balaban J connectivity index is 4.19. The van der Waals surface area contributed by atoms with Gasteiger partial charge < -0.3 is 35.3 Å². The third kappa shape index (κ3) is 15.8. The van der Waals surface area contributed by atoms with Gasteiger partial charge in [0.1, 0.15) is 0 Å². The molecule has 0 fully saturated rings. The summed E-state index contributed by atoms with van der Waals surface area (Å²) in [6.07, 6.45) is 1.06. The lowest BCUT2D eigenvalue weighted by atomic mass is 9.89. The van der Waals surface area contributed by atoms with Crippen LogP contribution in [0.2, 0.25) is 0 Å². The molecule has 0 atom stereocenters. The summed E-state index contributed by atoms with van der Waals surface area (Å²) in [4.78, 5) is 31.3. The number of aliphatic carboxylic acids is 3. The Morgan fingerprint density at radius 1 is 0.615 bits per heavy atom. The van der Waals surface area contributed by atoms with Crippen molar-refractivity contribution in [3.63, 3.8) is 0 Å². The molecule has 0 bridgehead atoms. The van der Waals surface area contributed by atoms with Crippen molar-refractivity contribution in [3.8, 4) is 0 Å². The van der Waals surface area contributed by atoms with Gasteiger partial charge in [0.25, 0.3) is 0 Å². The number of nitrogens with two attached hydrogens (primary N) is 1. The summed E-state index contributed by atoms with van der Waals surface area (Å²) in [5.74, 6) is -2.83. The predicted octanol–water partition coefficient (Wildman–Crippen LogP) is 0.328. The van der Waals surface area contributed by atoms with Crippen molar-refractivity contribution < 1.29 is 43.9 Å². The summed E-state index contributed by atoms with van der Waals surface area (Å²) in [6, 6.07) is 0. The fraction of sp³-hybridized carbons (Fsp3) is 0.812. The van der Waals surface area contributed by atoms with Crippen molar-refractivity contribution in [2.45, 2.75) is 44.1 Å². The summed E-state index contributed by atoms with van der Waals surface area (Å²) in [7, 11) is 0. The van der Waals surface area contributed by atoms with Gasteiger partial charge in [-0.15, -0.1) is 0 Å². The lowest BCUT2D eigenvalue weighted by molar-refractivity contribution is -0.139. The van der Waals surface area contributed by atoms with Crippen LogP contribution >= 0.6 is 0 Å². The zero-order chi connectivity index (χ0) is 19.8. The summed E-state index contributed by atoms with van der Waals surface area (Å²) in [5, 5.41) is 25.7. The van der Waals surface area contributed by atoms with Gasteiger partial charge in [0.05, 0.1) is 39.1 Å². The van der Waals surface area contributed by atoms with Crippen molar-refractivity contribution in [1.29, 1.82) is 0 Å². The van der Waals surface area contributed by atoms with Crippen LogP contribution in [-0.4, -0.2) is 78.4 Å². The van der Waals surface area contributed by atoms with Gasteiger partial charge in [-0.1, -0.05) is 0 Å². The van der Waals surface area contributed by atoms with E-state index in [9.17, 15) is 14.4 Å². The van der Waals surface area contributed by atoms with Gasteiger partial charge in [-0.25, -0.2) is 0 Å². The van der Waals surface area contributed by atoms with Crippen LogP contribution in [0, 0.1) is 0 Å². The third-order valence-corrected chi connectivity index (χ3v) is 3.61. The maximum absolute atomic E-state index is 10.4. The third-order valence-electron chi connectivity index (χ3n) is 3.61. The summed E-state index contributed by atoms with van der Waals surface area (Å²) in [5.41, 5.74) is 5.64. The molecule has 0 amide bonds. The van der Waals surface area contributed by atoms with E-state index in [0.29, 0.717) is 19.3 Å². The molecule has 0 aliphatic heterocycles. The first kappa shape index (κ1) is 24.2. The quantitative estimate of drug-likeness (QED) is 0.244. The normalized spacial score (nSPS) is 11.4. The highest BCUT2D eigenvalue weighted by molar-refractivity contribution is 5.67. The van der Waals surface area contributed by atoms with Crippen molar-refractivity contribution in [2.24, 2.45) is 5.73 Å². The molecule has 0 spiro atoms. The van der Waals surface area contributed by atoms with Gasteiger partial charge in [-0.3, -0.25) is 14.4 Å². The Hall–Kier alpha value is -1.75. The molecule has 152 valence electrons. The molecule has 0 aliphatic carbocycles. The smallest absolute Gasteiger partial charge is 0.305 e. The molecule has 10 nitrogen and oxygen atoms in total. The van der Waals surface area contributed by atoms with E-state index in [0.717, 1.165) is 0 Å². The van der Waals surface area contributed by atoms with Crippen molar-refractivity contribution in [3.05, 3.63) is 0 Å². The fourth-order valence-corrected chi connectivity index (χ4v) is 1.99. The molecule has 0 heterocycles. The maximum atomic E-state index is 10.4. The van der Waals surface area contributed by atoms with Crippen LogP contribution in [0.5, 0.6) is 0 Å². The van der Waals surface area contributed by atoms with Crippen molar-refractivity contribution in [2.75, 3.05) is 39.6 Å². The number of ether oxygens (including phenoxy) is 3. The SMILES string of the molecule is NC(CCOCCC(=O)O)(CCOCCC(=O)O)CCOCCC(=O)O. The number of carbonyl (C=O) groups is 3. The summed E-state index contributed by atoms with van der Waals surface area (Å²) >= 11 is 0. The van der Waals surface area contributed by atoms with E-state index in [2.05, 4.69) is 0 Å². The number of hydrogen-bond donors (Lipinski definition) is 4. The molecule has 0 radical (unpaired) electrons. The van der Waals surface area contributed by atoms with E-state index in [1.807, 2.05) is 0 Å². The molecule has 0 aromatic carbocycles. The molecule has 5 N–H and O–H groups in total.